The van der Waals surface area contributed by atoms with Gasteiger partial charge in [-0.15, -0.1) is 12.4 Å². The minimum absolute atomic E-state index is 0. The van der Waals surface area contributed by atoms with Crippen LogP contribution in [0.4, 0.5) is 5.69 Å². The second-order valence-electron chi connectivity index (χ2n) is 4.13. The van der Waals surface area contributed by atoms with Crippen LogP contribution in [0, 0.1) is 13.8 Å². The summed E-state index contributed by atoms with van der Waals surface area (Å²) in [6.45, 7) is 7.55. The number of hydrazine groups is 1. The molecule has 1 aromatic rings. The van der Waals surface area contributed by atoms with Crippen molar-refractivity contribution in [1.29, 1.82) is 0 Å². The van der Waals surface area contributed by atoms with Gasteiger partial charge in [0.15, 0.2) is 0 Å². The molecule has 6 heteroatoms. The number of hydrogen-bond donors (Lipinski definition) is 2. The maximum atomic E-state index is 10.4. The van der Waals surface area contributed by atoms with Crippen LogP contribution in [0.1, 0.15) is 31.4 Å². The van der Waals surface area contributed by atoms with E-state index < -0.39 is 5.97 Å². The van der Waals surface area contributed by atoms with E-state index >= 15 is 0 Å². The quantitative estimate of drug-likeness (QED) is 0.386. The van der Waals surface area contributed by atoms with Gasteiger partial charge in [0.1, 0.15) is 12.2 Å². The number of carbonyl (C=O) groups is 2. The molecule has 0 saturated heterocycles. The second kappa shape index (κ2) is 11.3. The molecule has 0 saturated carbocycles. The van der Waals surface area contributed by atoms with Gasteiger partial charge in [-0.3, -0.25) is 15.4 Å². The molecule has 0 radical (unpaired) electrons. The van der Waals surface area contributed by atoms with Crippen molar-refractivity contribution in [2.24, 2.45) is 5.84 Å². The van der Waals surface area contributed by atoms with E-state index in [-0.39, 0.29) is 24.6 Å². The number of nitrogen functional groups attached to an aromatic ring is 1. The third-order valence-corrected chi connectivity index (χ3v) is 2.37. The zero-order valence-corrected chi connectivity index (χ0v) is 13.2. The van der Waals surface area contributed by atoms with Crippen LogP contribution in [0.25, 0.3) is 0 Å². The van der Waals surface area contributed by atoms with E-state index in [0.29, 0.717) is 6.61 Å². The van der Waals surface area contributed by atoms with Gasteiger partial charge < -0.3 is 10.2 Å². The Balaban J connectivity index is 0. The Morgan fingerprint density at radius 1 is 1.25 bits per heavy atom. The largest absolute Gasteiger partial charge is 0.466 e. The average Bonchev–Trinajstić information content (AvgIpc) is 2.33. The number of nitrogens with one attached hydrogen (secondary N) is 1. The standard InChI is InChI=1S/C8H12N2.C6H10O3.ClH/c1-6-3-4-8(10-9)5-7(6)2;1-3-9-6(8)4-5(2)7;/h3-5,10H,9H2,1-2H3;3-4H2,1-2H3;1H. The molecular weight excluding hydrogens is 280 g/mol. The number of halogens is 1. The highest BCUT2D eigenvalue weighted by Gasteiger charge is 2.03. The van der Waals surface area contributed by atoms with E-state index in [9.17, 15) is 9.59 Å². The molecule has 1 aromatic carbocycles. The first-order valence-electron chi connectivity index (χ1n) is 6.09. The number of ketones is 1. The fourth-order valence-corrected chi connectivity index (χ4v) is 1.25. The van der Waals surface area contributed by atoms with Crippen LogP contribution in [0.5, 0.6) is 0 Å². The highest BCUT2D eigenvalue weighted by Crippen LogP contribution is 2.12. The number of hydrogen-bond acceptors (Lipinski definition) is 5. The van der Waals surface area contributed by atoms with Gasteiger partial charge in [-0.1, -0.05) is 6.07 Å². The minimum atomic E-state index is -0.440. The third-order valence-electron chi connectivity index (χ3n) is 2.37. The zero-order chi connectivity index (χ0) is 14.8. The van der Waals surface area contributed by atoms with E-state index in [1.54, 1.807) is 6.92 Å². The van der Waals surface area contributed by atoms with Crippen molar-refractivity contribution in [2.45, 2.75) is 34.1 Å². The number of nitrogens with two attached hydrogens (primary N) is 1. The number of rotatable bonds is 4. The van der Waals surface area contributed by atoms with Gasteiger partial charge in [0.05, 0.1) is 6.61 Å². The Morgan fingerprint density at radius 3 is 2.25 bits per heavy atom. The molecule has 0 aliphatic rings. The maximum Gasteiger partial charge on any atom is 0.313 e. The Labute approximate surface area is 126 Å². The lowest BCUT2D eigenvalue weighted by Gasteiger charge is -2.02. The average molecular weight is 303 g/mol. The summed E-state index contributed by atoms with van der Waals surface area (Å²) >= 11 is 0. The van der Waals surface area contributed by atoms with Crippen LogP contribution in [0.2, 0.25) is 0 Å². The highest BCUT2D eigenvalue weighted by atomic mass is 35.5. The highest BCUT2D eigenvalue weighted by molar-refractivity contribution is 5.94. The first-order valence-corrected chi connectivity index (χ1v) is 6.09. The molecule has 1 rings (SSSR count). The zero-order valence-electron chi connectivity index (χ0n) is 12.4. The predicted octanol–water partition coefficient (Wildman–Crippen LogP) is 2.54. The first-order chi connectivity index (χ1) is 8.90. The summed E-state index contributed by atoms with van der Waals surface area (Å²) < 4.78 is 4.49. The maximum absolute atomic E-state index is 10.4. The monoisotopic (exact) mass is 302 g/mol. The first kappa shape index (κ1) is 20.7. The van der Waals surface area contributed by atoms with Crippen molar-refractivity contribution < 1.29 is 14.3 Å². The smallest absolute Gasteiger partial charge is 0.313 e. The van der Waals surface area contributed by atoms with Gasteiger partial charge in [-0.05, 0) is 51.0 Å². The molecule has 20 heavy (non-hydrogen) atoms. The summed E-state index contributed by atoms with van der Waals surface area (Å²) in [4.78, 5) is 20.6. The molecule has 0 aliphatic heterocycles. The third kappa shape index (κ3) is 9.35. The van der Waals surface area contributed by atoms with Gasteiger partial charge in [0.2, 0.25) is 0 Å². The topological polar surface area (TPSA) is 81.4 Å². The lowest BCUT2D eigenvalue weighted by atomic mass is 10.1. The van der Waals surface area contributed by atoms with Gasteiger partial charge >= 0.3 is 5.97 Å². The van der Waals surface area contributed by atoms with E-state index in [2.05, 4.69) is 24.0 Å². The molecule has 0 aliphatic carbocycles. The molecule has 114 valence electrons. The molecule has 0 unspecified atom stereocenters. The lowest BCUT2D eigenvalue weighted by molar-refractivity contribution is -0.145. The summed E-state index contributed by atoms with van der Waals surface area (Å²) in [5, 5.41) is 0. The summed E-state index contributed by atoms with van der Waals surface area (Å²) in [5.41, 5.74) is 6.11. The van der Waals surface area contributed by atoms with Crippen molar-refractivity contribution in [3.05, 3.63) is 29.3 Å². The number of esters is 1. The van der Waals surface area contributed by atoms with Gasteiger partial charge in [-0.2, -0.15) is 0 Å². The second-order valence-corrected chi connectivity index (χ2v) is 4.13. The molecule has 0 heterocycles. The van der Waals surface area contributed by atoms with Crippen LogP contribution in [0.3, 0.4) is 0 Å². The van der Waals surface area contributed by atoms with Crippen molar-refractivity contribution in [3.8, 4) is 0 Å². The van der Waals surface area contributed by atoms with E-state index in [4.69, 9.17) is 5.84 Å². The summed E-state index contributed by atoms with van der Waals surface area (Å²) in [6, 6.07) is 6.03. The van der Waals surface area contributed by atoms with Crippen molar-refractivity contribution >= 4 is 29.8 Å². The van der Waals surface area contributed by atoms with Crippen LogP contribution in [-0.4, -0.2) is 18.4 Å². The SMILES string of the molecule is CCOC(=O)CC(C)=O.Cc1ccc(NN)cc1C.Cl. The van der Waals surface area contributed by atoms with Crippen LogP contribution >= 0.6 is 12.4 Å². The summed E-state index contributed by atoms with van der Waals surface area (Å²) in [7, 11) is 0. The Kier molecular flexibility index (Phi) is 11.7. The van der Waals surface area contributed by atoms with E-state index in [1.807, 2.05) is 18.2 Å². The normalized spacial score (nSPS) is 8.65. The minimum Gasteiger partial charge on any atom is -0.466 e. The van der Waals surface area contributed by atoms with Crippen molar-refractivity contribution in [2.75, 3.05) is 12.0 Å². The van der Waals surface area contributed by atoms with Crippen LogP contribution in [-0.2, 0) is 14.3 Å². The molecule has 5 nitrogen and oxygen atoms in total. The van der Waals surface area contributed by atoms with Crippen LogP contribution in [0.15, 0.2) is 18.2 Å². The number of benzene rings is 1. The fraction of sp³-hybridized carbons (Fsp3) is 0.429. The fourth-order valence-electron chi connectivity index (χ4n) is 1.25. The Hall–Kier alpha value is -1.59. The van der Waals surface area contributed by atoms with Crippen molar-refractivity contribution in [1.82, 2.24) is 0 Å². The Morgan fingerprint density at radius 2 is 1.85 bits per heavy atom. The molecule has 0 aromatic heterocycles. The van der Waals surface area contributed by atoms with Gasteiger partial charge in [0.25, 0.3) is 0 Å². The number of Topliss-reactive ketones (excluding diaryl/α,β-unsaturated/α-hetero) is 1. The molecular formula is C14H23ClN2O3. The van der Waals surface area contributed by atoms with Gasteiger partial charge in [0, 0.05) is 5.69 Å². The van der Waals surface area contributed by atoms with E-state index in [0.717, 1.165) is 5.69 Å². The van der Waals surface area contributed by atoms with Crippen molar-refractivity contribution in [3.63, 3.8) is 0 Å². The lowest BCUT2D eigenvalue weighted by Crippen LogP contribution is -2.07. The number of anilines is 1. The Bertz CT molecular complexity index is 436. The number of aryl methyl sites for hydroxylation is 2. The summed E-state index contributed by atoms with van der Waals surface area (Å²) in [5.74, 6) is 4.62. The number of ether oxygens (including phenoxy) is 1. The molecule has 0 spiro atoms. The predicted molar refractivity (Wildman–Crippen MR) is 82.9 cm³/mol. The molecule has 0 amide bonds. The van der Waals surface area contributed by atoms with E-state index in [1.165, 1.54) is 18.1 Å². The van der Waals surface area contributed by atoms with Crippen LogP contribution < -0.4 is 11.3 Å². The molecule has 0 atom stereocenters. The summed E-state index contributed by atoms with van der Waals surface area (Å²) in [6.07, 6.45) is -0.103. The molecule has 0 fully saturated rings. The molecule has 3 N–H and O–H groups in total. The van der Waals surface area contributed by atoms with Gasteiger partial charge in [-0.25, -0.2) is 0 Å². The number of carbonyl (C=O) groups excluding carboxylic acids is 2. The molecule has 0 bridgehead atoms.